The summed E-state index contributed by atoms with van der Waals surface area (Å²) in [5.74, 6) is 0. The number of halogens is 3. The highest BCUT2D eigenvalue weighted by Gasteiger charge is 2.32. The van der Waals surface area contributed by atoms with Crippen LogP contribution in [0.15, 0.2) is 10.9 Å². The molecule has 0 fully saturated rings. The van der Waals surface area contributed by atoms with Gasteiger partial charge in [-0.1, -0.05) is 0 Å². The van der Waals surface area contributed by atoms with E-state index in [0.29, 0.717) is 0 Å². The zero-order valence-corrected chi connectivity index (χ0v) is 7.20. The molecular formula is C7H8F3N3O. The molecule has 4 nitrogen and oxygen atoms in total. The van der Waals surface area contributed by atoms with Crippen LogP contribution in [0.3, 0.4) is 0 Å². The summed E-state index contributed by atoms with van der Waals surface area (Å²) in [4.78, 5) is 12.6. The maximum absolute atomic E-state index is 12.2. The fourth-order valence-corrected chi connectivity index (χ4v) is 0.930. The minimum Gasteiger partial charge on any atom is -0.393 e. The summed E-state index contributed by atoms with van der Waals surface area (Å²) >= 11 is 0. The van der Waals surface area contributed by atoms with Crippen LogP contribution in [0, 0.1) is 0 Å². The Balaban J connectivity index is 3.38. The van der Waals surface area contributed by atoms with Gasteiger partial charge in [0.1, 0.15) is 11.4 Å². The van der Waals surface area contributed by atoms with Crippen LogP contribution in [0.1, 0.15) is 5.69 Å². The van der Waals surface area contributed by atoms with E-state index in [1.165, 1.54) is 7.05 Å². The Kier molecular flexibility index (Phi) is 2.41. The number of pyridine rings is 1. The van der Waals surface area contributed by atoms with Gasteiger partial charge in [-0.3, -0.25) is 4.79 Å². The molecule has 78 valence electrons. The lowest BCUT2D eigenvalue weighted by Crippen LogP contribution is -2.20. The fraction of sp³-hybridized carbons (Fsp3) is 0.286. The van der Waals surface area contributed by atoms with Gasteiger partial charge >= 0.3 is 6.18 Å². The number of aromatic amines is 1. The van der Waals surface area contributed by atoms with Gasteiger partial charge in [0.05, 0.1) is 5.69 Å². The number of nitrogen functional groups attached to an aromatic ring is 1. The van der Waals surface area contributed by atoms with E-state index in [4.69, 9.17) is 5.73 Å². The first-order chi connectivity index (χ1) is 6.36. The Morgan fingerprint density at radius 1 is 1.50 bits per heavy atom. The molecule has 0 saturated carbocycles. The molecule has 1 aromatic heterocycles. The first-order valence-electron chi connectivity index (χ1n) is 3.64. The highest BCUT2D eigenvalue weighted by Crippen LogP contribution is 2.29. The summed E-state index contributed by atoms with van der Waals surface area (Å²) in [5, 5.41) is 2.40. The second-order valence-corrected chi connectivity index (χ2v) is 2.59. The third-order valence-corrected chi connectivity index (χ3v) is 1.65. The number of alkyl halides is 3. The van der Waals surface area contributed by atoms with Gasteiger partial charge in [0, 0.05) is 7.05 Å². The molecule has 1 aromatic rings. The number of H-pyrrole nitrogens is 1. The number of hydrogen-bond donors (Lipinski definition) is 3. The Morgan fingerprint density at radius 3 is 2.50 bits per heavy atom. The molecule has 7 heteroatoms. The third kappa shape index (κ3) is 1.81. The Morgan fingerprint density at radius 2 is 2.07 bits per heavy atom. The Labute approximate surface area is 76.9 Å². The van der Waals surface area contributed by atoms with Crippen molar-refractivity contribution in [1.29, 1.82) is 0 Å². The van der Waals surface area contributed by atoms with Gasteiger partial charge in [-0.15, -0.1) is 0 Å². The van der Waals surface area contributed by atoms with E-state index in [2.05, 4.69) is 5.32 Å². The molecule has 0 spiro atoms. The maximum atomic E-state index is 12.2. The van der Waals surface area contributed by atoms with Crippen molar-refractivity contribution in [3.05, 3.63) is 22.1 Å². The van der Waals surface area contributed by atoms with E-state index >= 15 is 0 Å². The molecular weight excluding hydrogens is 199 g/mol. The number of rotatable bonds is 1. The van der Waals surface area contributed by atoms with Gasteiger partial charge in [0.15, 0.2) is 0 Å². The van der Waals surface area contributed by atoms with Crippen LogP contribution in [0.5, 0.6) is 0 Å². The summed E-state index contributed by atoms with van der Waals surface area (Å²) in [6.45, 7) is 0. The minimum absolute atomic E-state index is 0.0407. The Bertz CT molecular complexity index is 396. The molecule has 0 aromatic carbocycles. The summed E-state index contributed by atoms with van der Waals surface area (Å²) < 4.78 is 36.5. The van der Waals surface area contributed by atoms with Crippen molar-refractivity contribution in [3.8, 4) is 0 Å². The minimum atomic E-state index is -4.58. The van der Waals surface area contributed by atoms with E-state index in [1.807, 2.05) is 0 Å². The standard InChI is InChI=1S/C7H8F3N3O/c1-12-3-2-4(7(8,9)10)13-6(14)5(3)11/h2H,11H2,1H3,(H2,12,13,14). The van der Waals surface area contributed by atoms with Gasteiger partial charge in [-0.25, -0.2) is 0 Å². The lowest BCUT2D eigenvalue weighted by molar-refractivity contribution is -0.141. The van der Waals surface area contributed by atoms with Gasteiger partial charge < -0.3 is 16.0 Å². The molecule has 0 bridgehead atoms. The normalized spacial score (nSPS) is 11.4. The van der Waals surface area contributed by atoms with Gasteiger partial charge in [0.2, 0.25) is 0 Å². The Hall–Kier alpha value is -1.66. The van der Waals surface area contributed by atoms with Gasteiger partial charge in [0.25, 0.3) is 5.56 Å². The zero-order chi connectivity index (χ0) is 10.9. The predicted octanol–water partition coefficient (Wildman–Crippen LogP) is 1.02. The van der Waals surface area contributed by atoms with Crippen LogP contribution in [0.25, 0.3) is 0 Å². The second-order valence-electron chi connectivity index (χ2n) is 2.59. The number of nitrogens with one attached hydrogen (secondary N) is 2. The highest BCUT2D eigenvalue weighted by molar-refractivity contribution is 5.64. The monoisotopic (exact) mass is 207 g/mol. The molecule has 0 aliphatic carbocycles. The lowest BCUT2D eigenvalue weighted by atomic mass is 10.3. The van der Waals surface area contributed by atoms with Gasteiger partial charge in [-0.05, 0) is 6.07 Å². The number of aromatic nitrogens is 1. The van der Waals surface area contributed by atoms with Crippen LogP contribution >= 0.6 is 0 Å². The molecule has 0 aliphatic rings. The van der Waals surface area contributed by atoms with Crippen molar-refractivity contribution >= 4 is 11.4 Å². The van der Waals surface area contributed by atoms with Crippen LogP contribution in [-0.4, -0.2) is 12.0 Å². The van der Waals surface area contributed by atoms with E-state index in [1.54, 1.807) is 4.98 Å². The van der Waals surface area contributed by atoms with Gasteiger partial charge in [-0.2, -0.15) is 13.2 Å². The summed E-state index contributed by atoms with van der Waals surface area (Å²) in [6, 6.07) is 0.747. The van der Waals surface area contributed by atoms with Crippen LogP contribution in [-0.2, 0) is 6.18 Å². The second kappa shape index (κ2) is 3.24. The number of hydrogen-bond acceptors (Lipinski definition) is 3. The quantitative estimate of drug-likeness (QED) is 0.643. The molecule has 1 rings (SSSR count). The van der Waals surface area contributed by atoms with E-state index < -0.39 is 17.4 Å². The molecule has 1 heterocycles. The highest BCUT2D eigenvalue weighted by atomic mass is 19.4. The van der Waals surface area contributed by atoms with Crippen molar-refractivity contribution in [3.63, 3.8) is 0 Å². The molecule has 14 heavy (non-hydrogen) atoms. The smallest absolute Gasteiger partial charge is 0.393 e. The van der Waals surface area contributed by atoms with Crippen LogP contribution in [0.2, 0.25) is 0 Å². The maximum Gasteiger partial charge on any atom is 0.431 e. The first kappa shape index (κ1) is 10.4. The van der Waals surface area contributed by atoms with Crippen molar-refractivity contribution < 1.29 is 13.2 Å². The van der Waals surface area contributed by atoms with Crippen molar-refractivity contribution in [1.82, 2.24) is 4.98 Å². The summed E-state index contributed by atoms with van der Waals surface area (Å²) in [5.41, 5.74) is 2.85. The third-order valence-electron chi connectivity index (χ3n) is 1.65. The van der Waals surface area contributed by atoms with Crippen molar-refractivity contribution in [2.24, 2.45) is 0 Å². The average molecular weight is 207 g/mol. The van der Waals surface area contributed by atoms with Crippen molar-refractivity contribution in [2.75, 3.05) is 18.1 Å². The van der Waals surface area contributed by atoms with Crippen LogP contribution in [0.4, 0.5) is 24.5 Å². The topological polar surface area (TPSA) is 70.9 Å². The zero-order valence-electron chi connectivity index (χ0n) is 7.20. The van der Waals surface area contributed by atoms with Crippen LogP contribution < -0.4 is 16.6 Å². The molecule has 0 saturated heterocycles. The fourth-order valence-electron chi connectivity index (χ4n) is 0.930. The molecule has 0 radical (unpaired) electrons. The SMILES string of the molecule is CNc1cc(C(F)(F)F)[nH]c(=O)c1N. The summed E-state index contributed by atoms with van der Waals surface area (Å²) in [7, 11) is 1.38. The molecule has 4 N–H and O–H groups in total. The number of nitrogens with two attached hydrogens (primary N) is 1. The number of anilines is 2. The lowest BCUT2D eigenvalue weighted by Gasteiger charge is -2.09. The summed E-state index contributed by atoms with van der Waals surface area (Å²) in [6.07, 6.45) is -4.58. The van der Waals surface area contributed by atoms with E-state index in [-0.39, 0.29) is 11.4 Å². The predicted molar refractivity (Wildman–Crippen MR) is 46.0 cm³/mol. The first-order valence-corrected chi connectivity index (χ1v) is 3.64. The largest absolute Gasteiger partial charge is 0.431 e. The molecule has 0 unspecified atom stereocenters. The van der Waals surface area contributed by atoms with Crippen molar-refractivity contribution in [2.45, 2.75) is 6.18 Å². The molecule has 0 aliphatic heterocycles. The molecule has 0 amide bonds. The average Bonchev–Trinajstić information content (AvgIpc) is 2.07. The van der Waals surface area contributed by atoms with E-state index in [0.717, 1.165) is 6.07 Å². The van der Waals surface area contributed by atoms with E-state index in [9.17, 15) is 18.0 Å². The molecule has 0 atom stereocenters.